The van der Waals surface area contributed by atoms with E-state index in [-0.39, 0.29) is 12.8 Å². The van der Waals surface area contributed by atoms with Crippen LogP contribution in [0.15, 0.2) is 42.5 Å². The molecule has 1 aliphatic heterocycles. The normalized spacial score (nSPS) is 13.2. The third-order valence-electron chi connectivity index (χ3n) is 3.65. The van der Waals surface area contributed by atoms with Crippen LogP contribution < -0.4 is 19.5 Å². The van der Waals surface area contributed by atoms with Crippen LogP contribution in [-0.2, 0) is 9.53 Å². The van der Waals surface area contributed by atoms with Crippen LogP contribution in [0.1, 0.15) is 18.5 Å². The summed E-state index contributed by atoms with van der Waals surface area (Å²) in [6, 6.07) is 12.1. The van der Waals surface area contributed by atoms with Crippen molar-refractivity contribution in [3.63, 3.8) is 0 Å². The van der Waals surface area contributed by atoms with E-state index in [9.17, 15) is 4.79 Å². The predicted molar refractivity (Wildman–Crippen MR) is 88.6 cm³/mol. The molecule has 3 rings (SSSR count). The summed E-state index contributed by atoms with van der Waals surface area (Å²) in [4.78, 5) is 12.4. The van der Waals surface area contributed by atoms with Gasteiger partial charge in [-0.25, -0.2) is 4.79 Å². The van der Waals surface area contributed by atoms with Crippen molar-refractivity contribution in [3.8, 4) is 17.2 Å². The molecule has 0 saturated heterocycles. The predicted octanol–water partition coefficient (Wildman–Crippen LogP) is 3.14. The molecule has 1 heterocycles. The van der Waals surface area contributed by atoms with Gasteiger partial charge < -0.3 is 24.3 Å². The minimum Gasteiger partial charge on any atom is -0.497 e. The maximum Gasteiger partial charge on any atom is 0.333 e. The molecule has 6 heteroatoms. The minimum atomic E-state index is -0.646. The van der Waals surface area contributed by atoms with Gasteiger partial charge >= 0.3 is 5.97 Å². The van der Waals surface area contributed by atoms with Gasteiger partial charge in [-0.15, -0.1) is 0 Å². The van der Waals surface area contributed by atoms with Crippen molar-refractivity contribution in [2.75, 3.05) is 25.8 Å². The quantitative estimate of drug-likeness (QED) is 0.821. The van der Waals surface area contributed by atoms with E-state index in [1.807, 2.05) is 30.3 Å². The molecule has 0 radical (unpaired) electrons. The first kappa shape index (κ1) is 16.0. The lowest BCUT2D eigenvalue weighted by Crippen LogP contribution is -2.23. The molecule has 0 unspecified atom stereocenters. The Morgan fingerprint density at radius 3 is 2.62 bits per heavy atom. The molecule has 0 bridgehead atoms. The SMILES string of the molecule is CCOC(=O)[C@H](Nc1ccc(OC)cc1)c1ccc2c(c1)OCO2. The monoisotopic (exact) mass is 329 g/mol. The molecule has 0 saturated carbocycles. The molecule has 0 aliphatic carbocycles. The standard InChI is InChI=1S/C18H19NO5/c1-3-22-18(20)17(19-13-5-7-14(21-2)8-6-13)12-4-9-15-16(10-12)24-11-23-15/h4-10,17,19H,3,11H2,1-2H3/t17-/m1/s1. The number of nitrogens with one attached hydrogen (secondary N) is 1. The number of ether oxygens (including phenoxy) is 4. The highest BCUT2D eigenvalue weighted by molar-refractivity contribution is 5.81. The fourth-order valence-electron chi connectivity index (χ4n) is 2.45. The summed E-state index contributed by atoms with van der Waals surface area (Å²) in [7, 11) is 1.61. The molecule has 0 aromatic heterocycles. The van der Waals surface area contributed by atoms with E-state index in [1.165, 1.54) is 0 Å². The van der Waals surface area contributed by atoms with Crippen LogP contribution in [0.5, 0.6) is 17.2 Å². The van der Waals surface area contributed by atoms with Crippen LogP contribution in [-0.4, -0.2) is 26.5 Å². The average Bonchev–Trinajstić information content (AvgIpc) is 3.08. The van der Waals surface area contributed by atoms with Gasteiger partial charge in [-0.2, -0.15) is 0 Å². The largest absolute Gasteiger partial charge is 0.497 e. The second-order valence-electron chi connectivity index (χ2n) is 5.17. The van der Waals surface area contributed by atoms with Gasteiger partial charge in [-0.3, -0.25) is 0 Å². The van der Waals surface area contributed by atoms with Crippen molar-refractivity contribution in [2.24, 2.45) is 0 Å². The first-order valence-corrected chi connectivity index (χ1v) is 7.68. The van der Waals surface area contributed by atoms with Crippen LogP contribution in [0.4, 0.5) is 5.69 Å². The van der Waals surface area contributed by atoms with Crippen molar-refractivity contribution in [1.29, 1.82) is 0 Å². The lowest BCUT2D eigenvalue weighted by Gasteiger charge is -2.19. The third-order valence-corrected chi connectivity index (χ3v) is 3.65. The molecule has 0 amide bonds. The molecule has 126 valence electrons. The van der Waals surface area contributed by atoms with E-state index in [0.29, 0.717) is 18.1 Å². The van der Waals surface area contributed by atoms with Gasteiger partial charge in [-0.1, -0.05) is 6.07 Å². The van der Waals surface area contributed by atoms with Crippen molar-refractivity contribution >= 4 is 11.7 Å². The fourth-order valence-corrected chi connectivity index (χ4v) is 2.45. The van der Waals surface area contributed by atoms with Gasteiger partial charge in [0.2, 0.25) is 6.79 Å². The Morgan fingerprint density at radius 1 is 1.17 bits per heavy atom. The molecule has 1 aliphatic rings. The molecule has 2 aromatic rings. The second kappa shape index (κ2) is 7.12. The first-order valence-electron chi connectivity index (χ1n) is 7.68. The number of anilines is 1. The van der Waals surface area contributed by atoms with Gasteiger partial charge in [-0.05, 0) is 48.9 Å². The van der Waals surface area contributed by atoms with E-state index >= 15 is 0 Å². The van der Waals surface area contributed by atoms with Crippen molar-refractivity contribution in [1.82, 2.24) is 0 Å². The van der Waals surface area contributed by atoms with Crippen LogP contribution in [0.25, 0.3) is 0 Å². The average molecular weight is 329 g/mol. The van der Waals surface area contributed by atoms with Crippen molar-refractivity contribution < 1.29 is 23.7 Å². The topological polar surface area (TPSA) is 66.0 Å². The van der Waals surface area contributed by atoms with E-state index in [0.717, 1.165) is 17.0 Å². The Kier molecular flexibility index (Phi) is 4.74. The molecule has 0 fully saturated rings. The number of hydrogen-bond donors (Lipinski definition) is 1. The van der Waals surface area contributed by atoms with Crippen molar-refractivity contribution in [2.45, 2.75) is 13.0 Å². The number of esters is 1. The minimum absolute atomic E-state index is 0.189. The highest BCUT2D eigenvalue weighted by Gasteiger charge is 2.24. The number of rotatable bonds is 6. The lowest BCUT2D eigenvalue weighted by molar-refractivity contribution is -0.144. The van der Waals surface area contributed by atoms with Crippen LogP contribution in [0, 0.1) is 0 Å². The summed E-state index contributed by atoms with van der Waals surface area (Å²) < 4.78 is 21.0. The molecule has 24 heavy (non-hydrogen) atoms. The Hall–Kier alpha value is -2.89. The second-order valence-corrected chi connectivity index (χ2v) is 5.17. The highest BCUT2D eigenvalue weighted by atomic mass is 16.7. The molecule has 2 aromatic carbocycles. The van der Waals surface area contributed by atoms with Gasteiger partial charge in [0.05, 0.1) is 13.7 Å². The zero-order valence-corrected chi connectivity index (χ0v) is 13.6. The lowest BCUT2D eigenvalue weighted by atomic mass is 10.1. The Labute approximate surface area is 140 Å². The van der Waals surface area contributed by atoms with Gasteiger partial charge in [0.25, 0.3) is 0 Å². The zero-order valence-electron chi connectivity index (χ0n) is 13.6. The number of carbonyl (C=O) groups excluding carboxylic acids is 1. The smallest absolute Gasteiger partial charge is 0.333 e. The number of benzene rings is 2. The van der Waals surface area contributed by atoms with Crippen molar-refractivity contribution in [3.05, 3.63) is 48.0 Å². The molecular weight excluding hydrogens is 310 g/mol. The van der Waals surface area contributed by atoms with E-state index in [4.69, 9.17) is 18.9 Å². The van der Waals surface area contributed by atoms with Gasteiger partial charge in [0, 0.05) is 5.69 Å². The van der Waals surface area contributed by atoms with Gasteiger partial charge in [0.1, 0.15) is 5.75 Å². The van der Waals surface area contributed by atoms with E-state index < -0.39 is 6.04 Å². The zero-order chi connectivity index (χ0) is 16.9. The summed E-state index contributed by atoms with van der Waals surface area (Å²) in [5.41, 5.74) is 1.53. The molecular formula is C18H19NO5. The summed E-state index contributed by atoms with van der Waals surface area (Å²) in [5, 5.41) is 3.20. The Balaban J connectivity index is 1.86. The number of carbonyl (C=O) groups is 1. The van der Waals surface area contributed by atoms with Crippen LogP contribution in [0.2, 0.25) is 0 Å². The molecule has 6 nitrogen and oxygen atoms in total. The fraction of sp³-hybridized carbons (Fsp3) is 0.278. The third kappa shape index (κ3) is 3.37. The van der Waals surface area contributed by atoms with E-state index in [2.05, 4.69) is 5.32 Å². The maximum atomic E-state index is 12.4. The van der Waals surface area contributed by atoms with E-state index in [1.54, 1.807) is 26.2 Å². The van der Waals surface area contributed by atoms with Gasteiger partial charge in [0.15, 0.2) is 17.5 Å². The van der Waals surface area contributed by atoms with Crippen LogP contribution in [0.3, 0.4) is 0 Å². The number of hydrogen-bond acceptors (Lipinski definition) is 6. The number of fused-ring (bicyclic) bond motifs is 1. The van der Waals surface area contributed by atoms with Crippen LogP contribution >= 0.6 is 0 Å². The molecule has 1 N–H and O–H groups in total. The Morgan fingerprint density at radius 2 is 1.92 bits per heavy atom. The summed E-state index contributed by atoms with van der Waals surface area (Å²) in [6.45, 7) is 2.28. The maximum absolute atomic E-state index is 12.4. The number of methoxy groups -OCH3 is 1. The Bertz CT molecular complexity index is 714. The first-order chi connectivity index (χ1) is 11.7. The summed E-state index contributed by atoms with van der Waals surface area (Å²) in [5.74, 6) is 1.69. The molecule has 0 spiro atoms. The summed E-state index contributed by atoms with van der Waals surface area (Å²) in [6.07, 6.45) is 0. The highest BCUT2D eigenvalue weighted by Crippen LogP contribution is 2.35. The summed E-state index contributed by atoms with van der Waals surface area (Å²) >= 11 is 0. The molecule has 1 atom stereocenters.